The Morgan fingerprint density at radius 3 is 3.05 bits per heavy atom. The van der Waals surface area contributed by atoms with Crippen LogP contribution >= 0.6 is 0 Å². The SMILES string of the molecule is COc1cccc2c(N3CCN4C(=O)NC[C@H]4C3)nccc12. The summed E-state index contributed by atoms with van der Waals surface area (Å²) in [6.07, 6.45) is 1.82. The van der Waals surface area contributed by atoms with Gasteiger partial charge in [0.15, 0.2) is 0 Å². The maximum absolute atomic E-state index is 11.7. The van der Waals surface area contributed by atoms with Crippen LogP contribution in [0.25, 0.3) is 10.8 Å². The van der Waals surface area contributed by atoms with Crippen molar-refractivity contribution in [3.05, 3.63) is 30.5 Å². The topological polar surface area (TPSA) is 57.7 Å². The van der Waals surface area contributed by atoms with Crippen LogP contribution in [0.2, 0.25) is 0 Å². The predicted octanol–water partition coefficient (Wildman–Crippen LogP) is 1.46. The fraction of sp³-hybridized carbons (Fsp3) is 0.375. The van der Waals surface area contributed by atoms with E-state index in [0.717, 1.165) is 42.0 Å². The molecule has 0 bridgehead atoms. The van der Waals surface area contributed by atoms with Gasteiger partial charge < -0.3 is 19.9 Å². The molecule has 3 heterocycles. The molecule has 4 rings (SSSR count). The molecular weight excluding hydrogens is 280 g/mol. The lowest BCUT2D eigenvalue weighted by molar-refractivity contribution is 0.197. The number of carbonyl (C=O) groups excluding carboxylic acids is 1. The Labute approximate surface area is 128 Å². The summed E-state index contributed by atoms with van der Waals surface area (Å²) in [6, 6.07) is 8.28. The minimum absolute atomic E-state index is 0.0530. The fourth-order valence-electron chi connectivity index (χ4n) is 3.39. The van der Waals surface area contributed by atoms with Crippen LogP contribution in [0.15, 0.2) is 30.5 Å². The number of benzene rings is 1. The van der Waals surface area contributed by atoms with Crippen molar-refractivity contribution in [1.29, 1.82) is 0 Å². The van der Waals surface area contributed by atoms with Crippen molar-refractivity contribution in [2.24, 2.45) is 0 Å². The number of amides is 2. The van der Waals surface area contributed by atoms with E-state index in [-0.39, 0.29) is 12.1 Å². The molecule has 114 valence electrons. The van der Waals surface area contributed by atoms with Crippen LogP contribution in [0.1, 0.15) is 0 Å². The van der Waals surface area contributed by atoms with Gasteiger partial charge in [-0.2, -0.15) is 0 Å². The summed E-state index contributed by atoms with van der Waals surface area (Å²) in [5, 5.41) is 5.07. The smallest absolute Gasteiger partial charge is 0.317 e. The Balaban J connectivity index is 1.71. The van der Waals surface area contributed by atoms with Gasteiger partial charge in [0.1, 0.15) is 11.6 Å². The first-order chi connectivity index (χ1) is 10.8. The molecule has 22 heavy (non-hydrogen) atoms. The Morgan fingerprint density at radius 1 is 1.27 bits per heavy atom. The molecule has 0 radical (unpaired) electrons. The van der Waals surface area contributed by atoms with Crippen molar-refractivity contribution in [1.82, 2.24) is 15.2 Å². The van der Waals surface area contributed by atoms with Gasteiger partial charge in [-0.1, -0.05) is 12.1 Å². The first kappa shape index (κ1) is 13.2. The first-order valence-electron chi connectivity index (χ1n) is 7.49. The van der Waals surface area contributed by atoms with Crippen molar-refractivity contribution >= 4 is 22.6 Å². The minimum Gasteiger partial charge on any atom is -0.496 e. The number of pyridine rings is 1. The molecule has 0 aliphatic carbocycles. The normalized spacial score (nSPS) is 21.0. The van der Waals surface area contributed by atoms with Gasteiger partial charge >= 0.3 is 6.03 Å². The van der Waals surface area contributed by atoms with Crippen LogP contribution in [0, 0.1) is 0 Å². The Kier molecular flexibility index (Phi) is 3.03. The number of hydrogen-bond donors (Lipinski definition) is 1. The molecule has 2 saturated heterocycles. The molecule has 2 aliphatic heterocycles. The molecule has 1 aromatic carbocycles. The number of rotatable bonds is 2. The van der Waals surface area contributed by atoms with E-state index in [9.17, 15) is 4.79 Å². The lowest BCUT2D eigenvalue weighted by Crippen LogP contribution is -2.52. The molecule has 2 amide bonds. The number of nitrogens with one attached hydrogen (secondary N) is 1. The van der Waals surface area contributed by atoms with Gasteiger partial charge in [0.2, 0.25) is 0 Å². The molecule has 2 fully saturated rings. The third-order valence-corrected chi connectivity index (χ3v) is 4.50. The van der Waals surface area contributed by atoms with Crippen LogP contribution < -0.4 is 15.0 Å². The lowest BCUT2D eigenvalue weighted by Gasteiger charge is -2.37. The molecular formula is C16H18N4O2. The molecule has 1 N–H and O–H groups in total. The average Bonchev–Trinajstić information content (AvgIpc) is 2.94. The number of fused-ring (bicyclic) bond motifs is 2. The molecule has 6 heteroatoms. The van der Waals surface area contributed by atoms with Gasteiger partial charge in [-0.05, 0) is 12.1 Å². The Bertz CT molecular complexity index is 733. The number of hydrogen-bond acceptors (Lipinski definition) is 4. The van der Waals surface area contributed by atoms with Crippen molar-refractivity contribution in [2.75, 3.05) is 38.2 Å². The molecule has 0 unspecified atom stereocenters. The van der Waals surface area contributed by atoms with Gasteiger partial charge in [-0.3, -0.25) is 0 Å². The van der Waals surface area contributed by atoms with Gasteiger partial charge in [0, 0.05) is 43.1 Å². The maximum atomic E-state index is 11.7. The van der Waals surface area contributed by atoms with E-state index >= 15 is 0 Å². The maximum Gasteiger partial charge on any atom is 0.317 e. The van der Waals surface area contributed by atoms with E-state index in [2.05, 4.69) is 21.3 Å². The zero-order valence-corrected chi connectivity index (χ0v) is 12.5. The number of methoxy groups -OCH3 is 1. The summed E-state index contributed by atoms with van der Waals surface area (Å²) in [7, 11) is 1.68. The monoisotopic (exact) mass is 298 g/mol. The van der Waals surface area contributed by atoms with Crippen molar-refractivity contribution in [3.8, 4) is 5.75 Å². The zero-order chi connectivity index (χ0) is 15.1. The van der Waals surface area contributed by atoms with Crippen molar-refractivity contribution < 1.29 is 9.53 Å². The second-order valence-corrected chi connectivity index (χ2v) is 5.67. The zero-order valence-electron chi connectivity index (χ0n) is 12.5. The quantitative estimate of drug-likeness (QED) is 0.912. The van der Waals surface area contributed by atoms with E-state index in [0.29, 0.717) is 6.54 Å². The summed E-state index contributed by atoms with van der Waals surface area (Å²) in [4.78, 5) is 20.5. The summed E-state index contributed by atoms with van der Waals surface area (Å²) < 4.78 is 5.44. The molecule has 0 saturated carbocycles. The minimum atomic E-state index is 0.0530. The van der Waals surface area contributed by atoms with Gasteiger partial charge in [0.25, 0.3) is 0 Å². The van der Waals surface area contributed by atoms with E-state index in [1.54, 1.807) is 7.11 Å². The molecule has 2 aromatic rings. The third-order valence-electron chi connectivity index (χ3n) is 4.50. The number of carbonyl (C=O) groups is 1. The Hall–Kier alpha value is -2.50. The van der Waals surface area contributed by atoms with Crippen molar-refractivity contribution in [2.45, 2.75) is 6.04 Å². The van der Waals surface area contributed by atoms with Crippen molar-refractivity contribution in [3.63, 3.8) is 0 Å². The summed E-state index contributed by atoms with van der Waals surface area (Å²) in [5.74, 6) is 1.83. The summed E-state index contributed by atoms with van der Waals surface area (Å²) in [5.41, 5.74) is 0. The number of aromatic nitrogens is 1. The number of anilines is 1. The van der Waals surface area contributed by atoms with Gasteiger partial charge in [-0.15, -0.1) is 0 Å². The summed E-state index contributed by atoms with van der Waals surface area (Å²) in [6.45, 7) is 3.05. The number of urea groups is 1. The van der Waals surface area contributed by atoms with Gasteiger partial charge in [0.05, 0.1) is 13.2 Å². The molecule has 1 aromatic heterocycles. The highest BCUT2D eigenvalue weighted by molar-refractivity contribution is 5.96. The number of piperazine rings is 1. The second-order valence-electron chi connectivity index (χ2n) is 5.67. The predicted molar refractivity (Wildman–Crippen MR) is 84.4 cm³/mol. The highest BCUT2D eigenvalue weighted by Gasteiger charge is 2.36. The molecule has 6 nitrogen and oxygen atoms in total. The number of nitrogens with zero attached hydrogens (tertiary/aromatic N) is 3. The summed E-state index contributed by atoms with van der Waals surface area (Å²) >= 11 is 0. The molecule has 0 spiro atoms. The Morgan fingerprint density at radius 2 is 2.18 bits per heavy atom. The van der Waals surface area contributed by atoms with Crippen LogP contribution in [-0.4, -0.2) is 55.2 Å². The molecule has 2 aliphatic rings. The van der Waals surface area contributed by atoms with Gasteiger partial charge in [-0.25, -0.2) is 9.78 Å². The fourth-order valence-corrected chi connectivity index (χ4v) is 3.39. The van der Waals surface area contributed by atoms with E-state index in [1.165, 1.54) is 0 Å². The highest BCUT2D eigenvalue weighted by atomic mass is 16.5. The van der Waals surface area contributed by atoms with E-state index in [4.69, 9.17) is 4.74 Å². The average molecular weight is 298 g/mol. The van der Waals surface area contributed by atoms with E-state index < -0.39 is 0 Å². The lowest BCUT2D eigenvalue weighted by atomic mass is 10.1. The second kappa shape index (κ2) is 5.05. The molecule has 1 atom stereocenters. The standard InChI is InChI=1S/C16H18N4O2/c1-22-14-4-2-3-13-12(14)5-6-17-15(13)19-7-8-20-11(10-19)9-18-16(20)21/h2-6,11H,7-10H2,1H3,(H,18,21)/t11-/m0/s1. The van der Waals surface area contributed by atoms with E-state index in [1.807, 2.05) is 29.3 Å². The van der Waals surface area contributed by atoms with Crippen LogP contribution in [0.3, 0.4) is 0 Å². The van der Waals surface area contributed by atoms with Crippen LogP contribution in [0.5, 0.6) is 5.75 Å². The largest absolute Gasteiger partial charge is 0.496 e. The van der Waals surface area contributed by atoms with Crippen LogP contribution in [-0.2, 0) is 0 Å². The third kappa shape index (κ3) is 1.94. The van der Waals surface area contributed by atoms with Crippen LogP contribution in [0.4, 0.5) is 10.6 Å². The first-order valence-corrected chi connectivity index (χ1v) is 7.49. The highest BCUT2D eigenvalue weighted by Crippen LogP contribution is 2.32. The number of ether oxygens (including phenoxy) is 1.